The third-order valence-corrected chi connectivity index (χ3v) is 4.84. The normalized spacial score (nSPS) is 18.6. The fourth-order valence-electron chi connectivity index (χ4n) is 3.26. The fourth-order valence-corrected chi connectivity index (χ4v) is 3.38. The maximum absolute atomic E-state index is 12.8. The zero-order valence-corrected chi connectivity index (χ0v) is 15.9. The molecule has 3 N–H and O–H groups in total. The second-order valence-corrected chi connectivity index (χ2v) is 6.82. The van der Waals surface area contributed by atoms with Crippen LogP contribution in [0.4, 0.5) is 0 Å². The molecule has 1 aliphatic heterocycles. The largest absolute Gasteiger partial charge is 0.507 e. The number of likely N-dealkylation sites (tertiary alicyclic amines) is 1. The van der Waals surface area contributed by atoms with Crippen molar-refractivity contribution in [2.45, 2.75) is 6.04 Å². The van der Waals surface area contributed by atoms with E-state index in [-0.39, 0.29) is 24.5 Å². The molecule has 6 nitrogen and oxygen atoms in total. The first-order chi connectivity index (χ1) is 13.5. The average Bonchev–Trinajstić information content (AvgIpc) is 2.97. The lowest BCUT2D eigenvalue weighted by Crippen LogP contribution is -2.36. The molecule has 1 atom stereocenters. The van der Waals surface area contributed by atoms with Crippen molar-refractivity contribution in [3.8, 4) is 0 Å². The molecule has 7 heteroatoms. The van der Waals surface area contributed by atoms with Gasteiger partial charge in [0.1, 0.15) is 5.76 Å². The maximum Gasteiger partial charge on any atom is 0.295 e. The summed E-state index contributed by atoms with van der Waals surface area (Å²) in [4.78, 5) is 26.9. The van der Waals surface area contributed by atoms with Crippen LogP contribution in [0.1, 0.15) is 17.2 Å². The van der Waals surface area contributed by atoms with Crippen molar-refractivity contribution in [3.63, 3.8) is 0 Å². The van der Waals surface area contributed by atoms with Crippen LogP contribution >= 0.6 is 11.6 Å². The number of carbonyl (C=O) groups excluding carboxylic acids is 2. The van der Waals surface area contributed by atoms with Crippen molar-refractivity contribution in [1.82, 2.24) is 10.2 Å². The molecule has 0 unspecified atom stereocenters. The van der Waals surface area contributed by atoms with Gasteiger partial charge in [0, 0.05) is 30.2 Å². The molecule has 1 fully saturated rings. The van der Waals surface area contributed by atoms with Crippen molar-refractivity contribution in [2.75, 3.05) is 26.2 Å². The molecule has 0 aromatic heterocycles. The van der Waals surface area contributed by atoms with Crippen LogP contribution in [0.5, 0.6) is 0 Å². The Balaban J connectivity index is 2.04. The predicted molar refractivity (Wildman–Crippen MR) is 107 cm³/mol. The quantitative estimate of drug-likeness (QED) is 0.287. The zero-order chi connectivity index (χ0) is 20.1. The summed E-state index contributed by atoms with van der Waals surface area (Å²) in [6, 6.07) is 14.8. The Morgan fingerprint density at radius 1 is 1.04 bits per heavy atom. The summed E-state index contributed by atoms with van der Waals surface area (Å²) in [6.07, 6.45) is 0. The molecule has 0 radical (unpaired) electrons. The molecule has 1 heterocycles. The Bertz CT molecular complexity index is 881. The highest BCUT2D eigenvalue weighted by Gasteiger charge is 2.45. The van der Waals surface area contributed by atoms with Crippen LogP contribution in [-0.4, -0.2) is 53.0 Å². The molecule has 2 aromatic rings. The van der Waals surface area contributed by atoms with E-state index in [1.807, 2.05) is 0 Å². The number of hydrogen-bond donors (Lipinski definition) is 3. The molecule has 0 aliphatic carbocycles. The summed E-state index contributed by atoms with van der Waals surface area (Å²) in [7, 11) is 0. The third kappa shape index (κ3) is 4.09. The molecule has 2 aromatic carbocycles. The number of aliphatic hydroxyl groups excluding tert-OH is 2. The third-order valence-electron chi connectivity index (χ3n) is 4.59. The number of Topliss-reactive ketones (excluding diaryl/α,β-unsaturated/α-hetero) is 1. The standard InChI is InChI=1S/C21H21ClN2O4/c22-16-8-6-14(7-9-16)18-17(19(26)15-4-2-1-3-5-15)20(27)21(28)24(18)12-10-23-11-13-25/h1-9,18,23,25-26H,10-13H2/t18-/m1/s1. The number of halogens is 1. The smallest absolute Gasteiger partial charge is 0.295 e. The van der Waals surface area contributed by atoms with Gasteiger partial charge >= 0.3 is 0 Å². The lowest BCUT2D eigenvalue weighted by atomic mass is 9.95. The highest BCUT2D eigenvalue weighted by molar-refractivity contribution is 6.46. The summed E-state index contributed by atoms with van der Waals surface area (Å²) in [5.41, 5.74) is 1.21. The van der Waals surface area contributed by atoms with Gasteiger partial charge in [-0.3, -0.25) is 9.59 Å². The van der Waals surface area contributed by atoms with Crippen molar-refractivity contribution in [2.24, 2.45) is 0 Å². The molecular formula is C21H21ClN2O4. The summed E-state index contributed by atoms with van der Waals surface area (Å²) in [5.74, 6) is -1.59. The SMILES string of the molecule is O=C1C(=O)N(CCNCCO)[C@H](c2ccc(Cl)cc2)C1=C(O)c1ccccc1. The monoisotopic (exact) mass is 400 g/mol. The van der Waals surface area contributed by atoms with Crippen LogP contribution in [0.3, 0.4) is 0 Å². The van der Waals surface area contributed by atoms with E-state index in [1.54, 1.807) is 54.6 Å². The van der Waals surface area contributed by atoms with E-state index < -0.39 is 17.7 Å². The number of nitrogens with one attached hydrogen (secondary N) is 1. The first kappa shape index (κ1) is 20.1. The maximum atomic E-state index is 12.8. The number of aliphatic hydroxyl groups is 2. The first-order valence-corrected chi connectivity index (χ1v) is 9.33. The Labute approximate surface area is 168 Å². The molecule has 0 bridgehead atoms. The van der Waals surface area contributed by atoms with Gasteiger partial charge in [0.2, 0.25) is 0 Å². The molecule has 1 aliphatic rings. The lowest BCUT2D eigenvalue weighted by Gasteiger charge is -2.25. The van der Waals surface area contributed by atoms with Gasteiger partial charge in [-0.05, 0) is 17.7 Å². The number of ketones is 1. The highest BCUT2D eigenvalue weighted by atomic mass is 35.5. The number of nitrogens with zero attached hydrogens (tertiary/aromatic N) is 1. The number of carbonyl (C=O) groups is 2. The number of amides is 1. The molecule has 0 saturated carbocycles. The van der Waals surface area contributed by atoms with Gasteiger partial charge in [0.05, 0.1) is 18.2 Å². The van der Waals surface area contributed by atoms with Gasteiger partial charge in [0.25, 0.3) is 11.7 Å². The number of hydrogen-bond acceptors (Lipinski definition) is 5. The van der Waals surface area contributed by atoms with E-state index in [0.29, 0.717) is 29.2 Å². The van der Waals surface area contributed by atoms with Crippen molar-refractivity contribution < 1.29 is 19.8 Å². The van der Waals surface area contributed by atoms with Crippen molar-refractivity contribution in [1.29, 1.82) is 0 Å². The average molecular weight is 401 g/mol. The highest BCUT2D eigenvalue weighted by Crippen LogP contribution is 2.39. The van der Waals surface area contributed by atoms with Crippen LogP contribution in [0.2, 0.25) is 5.02 Å². The van der Waals surface area contributed by atoms with Gasteiger partial charge < -0.3 is 20.4 Å². The van der Waals surface area contributed by atoms with Crippen molar-refractivity contribution >= 4 is 29.1 Å². The summed E-state index contributed by atoms with van der Waals surface area (Å²) in [6.45, 7) is 1.03. The van der Waals surface area contributed by atoms with E-state index in [0.717, 1.165) is 0 Å². The second-order valence-electron chi connectivity index (χ2n) is 6.38. The van der Waals surface area contributed by atoms with E-state index in [4.69, 9.17) is 16.7 Å². The van der Waals surface area contributed by atoms with Gasteiger partial charge in [0.15, 0.2) is 0 Å². The van der Waals surface area contributed by atoms with Crippen LogP contribution < -0.4 is 5.32 Å². The second kappa shape index (κ2) is 9.01. The number of rotatable bonds is 7. The van der Waals surface area contributed by atoms with E-state index >= 15 is 0 Å². The molecule has 28 heavy (non-hydrogen) atoms. The van der Waals surface area contributed by atoms with Gasteiger partial charge in [-0.2, -0.15) is 0 Å². The van der Waals surface area contributed by atoms with Crippen molar-refractivity contribution in [3.05, 3.63) is 76.3 Å². The molecule has 3 rings (SSSR count). The fraction of sp³-hybridized carbons (Fsp3) is 0.238. The van der Waals surface area contributed by atoms with Gasteiger partial charge in [-0.15, -0.1) is 0 Å². The Morgan fingerprint density at radius 2 is 1.71 bits per heavy atom. The summed E-state index contributed by atoms with van der Waals surface area (Å²) < 4.78 is 0. The minimum absolute atomic E-state index is 0.0204. The van der Waals surface area contributed by atoms with Gasteiger partial charge in [-0.25, -0.2) is 0 Å². The zero-order valence-electron chi connectivity index (χ0n) is 15.1. The van der Waals surface area contributed by atoms with Crippen LogP contribution in [0.25, 0.3) is 5.76 Å². The minimum Gasteiger partial charge on any atom is -0.507 e. The van der Waals surface area contributed by atoms with Crippen LogP contribution in [0, 0.1) is 0 Å². The summed E-state index contributed by atoms with van der Waals surface area (Å²) >= 11 is 5.98. The predicted octanol–water partition coefficient (Wildman–Crippen LogP) is 2.34. The summed E-state index contributed by atoms with van der Waals surface area (Å²) in [5, 5.41) is 23.3. The molecule has 1 saturated heterocycles. The van der Waals surface area contributed by atoms with E-state index in [9.17, 15) is 14.7 Å². The molecule has 0 spiro atoms. The van der Waals surface area contributed by atoms with Crippen LogP contribution in [0.15, 0.2) is 60.2 Å². The molecule has 1 amide bonds. The topological polar surface area (TPSA) is 89.9 Å². The Kier molecular flexibility index (Phi) is 6.46. The lowest BCUT2D eigenvalue weighted by molar-refractivity contribution is -0.139. The number of benzene rings is 2. The van der Waals surface area contributed by atoms with E-state index in [2.05, 4.69) is 5.32 Å². The first-order valence-electron chi connectivity index (χ1n) is 8.95. The Hall–Kier alpha value is -2.67. The van der Waals surface area contributed by atoms with E-state index in [1.165, 1.54) is 4.90 Å². The molecule has 146 valence electrons. The van der Waals surface area contributed by atoms with Gasteiger partial charge in [-0.1, -0.05) is 54.1 Å². The Morgan fingerprint density at radius 3 is 2.36 bits per heavy atom. The van der Waals surface area contributed by atoms with Crippen LogP contribution in [-0.2, 0) is 9.59 Å². The minimum atomic E-state index is -0.719. The molecular weight excluding hydrogens is 380 g/mol.